The van der Waals surface area contributed by atoms with Crippen molar-refractivity contribution in [2.24, 2.45) is 0 Å². The van der Waals surface area contributed by atoms with Gasteiger partial charge in [0, 0.05) is 31.1 Å². The molecule has 3 heterocycles. The van der Waals surface area contributed by atoms with Crippen LogP contribution in [0.2, 0.25) is 0 Å². The van der Waals surface area contributed by atoms with Gasteiger partial charge in [-0.25, -0.2) is 14.2 Å². The number of nitriles is 1. The number of aromatic nitrogens is 1. The Morgan fingerprint density at radius 1 is 1.23 bits per heavy atom. The molecule has 2 saturated heterocycles. The number of esters is 1. The fraction of sp³-hybridized carbons (Fsp3) is 0.455. The summed E-state index contributed by atoms with van der Waals surface area (Å²) in [6, 6.07) is 10.7. The molecule has 0 aliphatic carbocycles. The highest BCUT2D eigenvalue weighted by Gasteiger charge is 2.36. The average molecular weight is 410 g/mol. The molecule has 0 N–H and O–H groups in total. The lowest BCUT2D eigenvalue weighted by atomic mass is 10.1. The second-order valence-electron chi connectivity index (χ2n) is 7.79. The number of pyridine rings is 1. The zero-order valence-corrected chi connectivity index (χ0v) is 16.5. The number of hydrogen-bond acceptors (Lipinski definition) is 6. The Hall–Kier alpha value is -3.05. The first-order chi connectivity index (χ1) is 14.5. The highest BCUT2D eigenvalue weighted by atomic mass is 19.1. The van der Waals surface area contributed by atoms with Crippen molar-refractivity contribution in [1.82, 2.24) is 14.8 Å². The number of carbonyl (C=O) groups is 2. The van der Waals surface area contributed by atoms with Crippen molar-refractivity contribution >= 4 is 22.6 Å². The van der Waals surface area contributed by atoms with E-state index in [1.807, 2.05) is 41.3 Å². The number of benzene rings is 1. The van der Waals surface area contributed by atoms with E-state index in [1.54, 1.807) is 6.20 Å². The second-order valence-corrected chi connectivity index (χ2v) is 7.79. The first kappa shape index (κ1) is 20.2. The van der Waals surface area contributed by atoms with Crippen LogP contribution < -0.4 is 0 Å². The van der Waals surface area contributed by atoms with Crippen LogP contribution in [0.3, 0.4) is 0 Å². The Bertz CT molecular complexity index is 979. The molecule has 1 aromatic heterocycles. The molecule has 1 amide bonds. The van der Waals surface area contributed by atoms with E-state index in [1.165, 1.54) is 4.90 Å². The van der Waals surface area contributed by atoms with Gasteiger partial charge in [-0.3, -0.25) is 9.69 Å². The van der Waals surface area contributed by atoms with Crippen molar-refractivity contribution in [1.29, 1.82) is 5.26 Å². The molecule has 2 fully saturated rings. The Kier molecular flexibility index (Phi) is 5.91. The van der Waals surface area contributed by atoms with E-state index >= 15 is 0 Å². The number of rotatable bonds is 4. The summed E-state index contributed by atoms with van der Waals surface area (Å²) in [7, 11) is 0. The highest BCUT2D eigenvalue weighted by molar-refractivity contribution is 6.02. The minimum absolute atomic E-state index is 0.0107. The zero-order valence-electron chi connectivity index (χ0n) is 16.5. The molecule has 8 heteroatoms. The molecule has 2 atom stereocenters. The van der Waals surface area contributed by atoms with E-state index < -0.39 is 18.2 Å². The van der Waals surface area contributed by atoms with Gasteiger partial charge in [-0.2, -0.15) is 5.26 Å². The number of fused-ring (bicyclic) bond motifs is 1. The van der Waals surface area contributed by atoms with Crippen LogP contribution in [0.5, 0.6) is 0 Å². The number of nitrogens with zero attached hydrogens (tertiary/aromatic N) is 4. The number of piperidine rings is 1. The van der Waals surface area contributed by atoms with Gasteiger partial charge < -0.3 is 9.64 Å². The summed E-state index contributed by atoms with van der Waals surface area (Å²) in [5, 5.41) is 10.8. The van der Waals surface area contributed by atoms with Crippen LogP contribution in [0.15, 0.2) is 36.5 Å². The average Bonchev–Trinajstić information content (AvgIpc) is 3.15. The minimum atomic E-state index is -1.13. The molecule has 2 aromatic rings. The standard InChI is InChI=1S/C22H23FN4O3/c23-16-11-17(12-24)27(13-16)20(28)14-26-9-6-18(7-10-26)30-22(29)21-19-4-2-1-3-15(19)5-8-25-21/h1-5,8,16-18H,6-7,9-11,13-14H2/t16-,17-/m0/s1. The summed E-state index contributed by atoms with van der Waals surface area (Å²) in [5.41, 5.74) is 0.308. The minimum Gasteiger partial charge on any atom is -0.458 e. The lowest BCUT2D eigenvalue weighted by Crippen LogP contribution is -2.46. The maximum Gasteiger partial charge on any atom is 0.357 e. The third-order valence-corrected chi connectivity index (χ3v) is 5.75. The number of halogens is 1. The third-order valence-electron chi connectivity index (χ3n) is 5.75. The Morgan fingerprint density at radius 2 is 2.00 bits per heavy atom. The fourth-order valence-electron chi connectivity index (χ4n) is 4.14. The van der Waals surface area contributed by atoms with Crippen LogP contribution in [-0.4, -0.2) is 71.2 Å². The van der Waals surface area contributed by atoms with E-state index in [2.05, 4.69) is 4.98 Å². The van der Waals surface area contributed by atoms with Crippen LogP contribution in [0.25, 0.3) is 10.8 Å². The predicted octanol–water partition coefficient (Wildman–Crippen LogP) is 2.32. The van der Waals surface area contributed by atoms with Crippen LogP contribution in [0.4, 0.5) is 4.39 Å². The van der Waals surface area contributed by atoms with Gasteiger partial charge in [-0.05, 0) is 24.3 Å². The monoisotopic (exact) mass is 410 g/mol. The maximum absolute atomic E-state index is 13.5. The Balaban J connectivity index is 1.30. The SMILES string of the molecule is N#C[C@@H]1C[C@H](F)CN1C(=O)CN1CCC(OC(=O)c2nccc3ccccc23)CC1. The molecular weight excluding hydrogens is 387 g/mol. The number of likely N-dealkylation sites (tertiary alicyclic amines) is 2. The molecule has 156 valence electrons. The van der Waals surface area contributed by atoms with Crippen molar-refractivity contribution in [3.8, 4) is 6.07 Å². The van der Waals surface area contributed by atoms with Gasteiger partial charge in [0.15, 0.2) is 5.69 Å². The number of amides is 1. The summed E-state index contributed by atoms with van der Waals surface area (Å²) in [4.78, 5) is 32.6. The summed E-state index contributed by atoms with van der Waals surface area (Å²) < 4.78 is 19.2. The summed E-state index contributed by atoms with van der Waals surface area (Å²) in [6.07, 6.45) is 1.53. The summed E-state index contributed by atoms with van der Waals surface area (Å²) in [6.45, 7) is 1.33. The van der Waals surface area contributed by atoms with Crippen molar-refractivity contribution in [3.63, 3.8) is 0 Å². The van der Waals surface area contributed by atoms with Crippen molar-refractivity contribution in [3.05, 3.63) is 42.2 Å². The fourth-order valence-corrected chi connectivity index (χ4v) is 4.14. The van der Waals surface area contributed by atoms with Crippen molar-refractivity contribution < 1.29 is 18.7 Å². The lowest BCUT2D eigenvalue weighted by Gasteiger charge is -2.32. The molecule has 2 aliphatic rings. The maximum atomic E-state index is 13.5. The normalized spacial score (nSPS) is 22.7. The highest BCUT2D eigenvalue weighted by Crippen LogP contribution is 2.22. The van der Waals surface area contributed by atoms with Crippen LogP contribution in [0, 0.1) is 11.3 Å². The van der Waals surface area contributed by atoms with Crippen LogP contribution >= 0.6 is 0 Å². The molecule has 30 heavy (non-hydrogen) atoms. The predicted molar refractivity (Wildman–Crippen MR) is 107 cm³/mol. The quantitative estimate of drug-likeness (QED) is 0.719. The Morgan fingerprint density at radius 3 is 2.77 bits per heavy atom. The molecular formula is C22H23FN4O3. The molecule has 0 saturated carbocycles. The molecule has 4 rings (SSSR count). The summed E-state index contributed by atoms with van der Waals surface area (Å²) in [5.74, 6) is -0.665. The number of carbonyl (C=O) groups excluding carboxylic acids is 2. The van der Waals surface area contributed by atoms with Crippen LogP contribution in [0.1, 0.15) is 29.8 Å². The second kappa shape index (κ2) is 8.76. The Labute approximate surface area is 174 Å². The largest absolute Gasteiger partial charge is 0.458 e. The van der Waals surface area contributed by atoms with Crippen LogP contribution in [-0.2, 0) is 9.53 Å². The molecule has 7 nitrogen and oxygen atoms in total. The van der Waals surface area contributed by atoms with E-state index in [0.29, 0.717) is 31.6 Å². The third kappa shape index (κ3) is 4.26. The smallest absolute Gasteiger partial charge is 0.357 e. The molecule has 0 spiro atoms. The van der Waals surface area contributed by atoms with Gasteiger partial charge in [0.1, 0.15) is 18.3 Å². The van der Waals surface area contributed by atoms with E-state index in [9.17, 15) is 14.0 Å². The molecule has 0 bridgehead atoms. The first-order valence-electron chi connectivity index (χ1n) is 10.2. The number of hydrogen-bond donors (Lipinski definition) is 0. The first-order valence-corrected chi connectivity index (χ1v) is 10.2. The van der Waals surface area contributed by atoms with Gasteiger partial charge in [0.2, 0.25) is 5.91 Å². The summed E-state index contributed by atoms with van der Waals surface area (Å²) >= 11 is 0. The topological polar surface area (TPSA) is 86.5 Å². The zero-order chi connectivity index (χ0) is 21.1. The number of ether oxygens (including phenoxy) is 1. The van der Waals surface area contributed by atoms with Gasteiger partial charge in [-0.1, -0.05) is 24.3 Å². The van der Waals surface area contributed by atoms with Gasteiger partial charge in [0.05, 0.1) is 19.2 Å². The van der Waals surface area contributed by atoms with Crippen molar-refractivity contribution in [2.75, 3.05) is 26.2 Å². The molecule has 0 unspecified atom stereocenters. The molecule has 0 radical (unpaired) electrons. The number of alkyl halides is 1. The molecule has 1 aromatic carbocycles. The van der Waals surface area contributed by atoms with E-state index in [0.717, 1.165) is 10.8 Å². The van der Waals surface area contributed by atoms with Crippen molar-refractivity contribution in [2.45, 2.75) is 37.6 Å². The van der Waals surface area contributed by atoms with Gasteiger partial charge >= 0.3 is 5.97 Å². The van der Waals surface area contributed by atoms with Gasteiger partial charge in [0.25, 0.3) is 0 Å². The lowest BCUT2D eigenvalue weighted by molar-refractivity contribution is -0.133. The van der Waals surface area contributed by atoms with E-state index in [4.69, 9.17) is 10.00 Å². The van der Waals surface area contributed by atoms with Gasteiger partial charge in [-0.15, -0.1) is 0 Å². The van der Waals surface area contributed by atoms with E-state index in [-0.39, 0.29) is 31.5 Å². The molecule has 2 aliphatic heterocycles.